The van der Waals surface area contributed by atoms with E-state index >= 15 is 0 Å². The lowest BCUT2D eigenvalue weighted by molar-refractivity contribution is 0.102. The Morgan fingerprint density at radius 3 is 2.40 bits per heavy atom. The summed E-state index contributed by atoms with van der Waals surface area (Å²) >= 11 is 11.7. The predicted octanol–water partition coefficient (Wildman–Crippen LogP) is 4.44. The molecule has 3 N–H and O–H groups in total. The van der Waals surface area contributed by atoms with Crippen molar-refractivity contribution in [2.75, 3.05) is 11.1 Å². The summed E-state index contributed by atoms with van der Waals surface area (Å²) in [5.41, 5.74) is 9.55. The van der Waals surface area contributed by atoms with Crippen LogP contribution < -0.4 is 11.1 Å². The summed E-state index contributed by atoms with van der Waals surface area (Å²) in [6, 6.07) is 8.43. The van der Waals surface area contributed by atoms with Gasteiger partial charge in [-0.25, -0.2) is 0 Å². The van der Waals surface area contributed by atoms with Crippen molar-refractivity contribution in [1.82, 2.24) is 0 Å². The Hall–Kier alpha value is -1.71. The van der Waals surface area contributed by atoms with E-state index in [2.05, 4.69) is 5.32 Å². The first kappa shape index (κ1) is 14.7. The Morgan fingerprint density at radius 2 is 1.75 bits per heavy atom. The highest BCUT2D eigenvalue weighted by atomic mass is 35.5. The molecule has 20 heavy (non-hydrogen) atoms. The minimum absolute atomic E-state index is 0.255. The molecule has 0 unspecified atom stereocenters. The highest BCUT2D eigenvalue weighted by Gasteiger charge is 2.10. The van der Waals surface area contributed by atoms with Crippen LogP contribution in [-0.2, 0) is 0 Å². The van der Waals surface area contributed by atoms with Crippen molar-refractivity contribution >= 4 is 40.5 Å². The first-order chi connectivity index (χ1) is 9.38. The van der Waals surface area contributed by atoms with Gasteiger partial charge in [0.2, 0.25) is 0 Å². The van der Waals surface area contributed by atoms with Crippen LogP contribution in [0.4, 0.5) is 11.4 Å². The van der Waals surface area contributed by atoms with Crippen LogP contribution in [0.25, 0.3) is 0 Å². The number of rotatable bonds is 2. The third-order valence-corrected chi connectivity index (χ3v) is 3.78. The smallest absolute Gasteiger partial charge is 0.255 e. The van der Waals surface area contributed by atoms with Crippen molar-refractivity contribution in [3.05, 3.63) is 57.1 Å². The lowest BCUT2D eigenvalue weighted by Crippen LogP contribution is -2.13. The molecular formula is C15H14Cl2N2O. The molecule has 2 aromatic carbocycles. The molecule has 3 nitrogen and oxygen atoms in total. The molecule has 0 saturated carbocycles. The lowest BCUT2D eigenvalue weighted by Gasteiger charge is -2.11. The van der Waals surface area contributed by atoms with Crippen molar-refractivity contribution in [2.45, 2.75) is 13.8 Å². The highest BCUT2D eigenvalue weighted by Crippen LogP contribution is 2.25. The molecule has 0 heterocycles. The van der Waals surface area contributed by atoms with Gasteiger partial charge in [0, 0.05) is 16.9 Å². The van der Waals surface area contributed by atoms with Crippen LogP contribution in [0.1, 0.15) is 21.5 Å². The summed E-state index contributed by atoms with van der Waals surface area (Å²) in [6.45, 7) is 3.84. The summed E-state index contributed by atoms with van der Waals surface area (Å²) in [7, 11) is 0. The van der Waals surface area contributed by atoms with Gasteiger partial charge >= 0.3 is 0 Å². The molecular weight excluding hydrogens is 295 g/mol. The van der Waals surface area contributed by atoms with E-state index < -0.39 is 0 Å². The maximum absolute atomic E-state index is 12.2. The van der Waals surface area contributed by atoms with E-state index in [0.717, 1.165) is 11.1 Å². The van der Waals surface area contributed by atoms with Crippen LogP contribution in [0.2, 0.25) is 10.0 Å². The number of carbonyl (C=O) groups is 1. The summed E-state index contributed by atoms with van der Waals surface area (Å²) in [5.74, 6) is -0.255. The second kappa shape index (κ2) is 5.73. The van der Waals surface area contributed by atoms with Gasteiger partial charge in [-0.3, -0.25) is 4.79 Å². The van der Waals surface area contributed by atoms with Crippen molar-refractivity contribution in [3.63, 3.8) is 0 Å². The number of carbonyl (C=O) groups excluding carboxylic acids is 1. The van der Waals surface area contributed by atoms with E-state index in [1.165, 1.54) is 6.07 Å². The topological polar surface area (TPSA) is 55.1 Å². The second-order valence-electron chi connectivity index (χ2n) is 4.61. The van der Waals surface area contributed by atoms with Crippen molar-refractivity contribution in [2.24, 2.45) is 0 Å². The van der Waals surface area contributed by atoms with E-state index in [9.17, 15) is 4.79 Å². The van der Waals surface area contributed by atoms with Crippen LogP contribution in [0.15, 0.2) is 30.3 Å². The van der Waals surface area contributed by atoms with Gasteiger partial charge in [-0.05, 0) is 49.2 Å². The Bertz CT molecular complexity index is 684. The van der Waals surface area contributed by atoms with Crippen molar-refractivity contribution in [3.8, 4) is 0 Å². The quantitative estimate of drug-likeness (QED) is 0.806. The highest BCUT2D eigenvalue weighted by molar-refractivity contribution is 6.42. The summed E-state index contributed by atoms with van der Waals surface area (Å²) in [4.78, 5) is 12.2. The Kier molecular flexibility index (Phi) is 4.21. The molecule has 0 radical (unpaired) electrons. The fourth-order valence-electron chi connectivity index (χ4n) is 1.84. The number of hydrogen-bond donors (Lipinski definition) is 2. The maximum Gasteiger partial charge on any atom is 0.255 e. The number of nitrogen functional groups attached to an aromatic ring is 1. The van der Waals surface area contributed by atoms with Crippen LogP contribution >= 0.6 is 23.2 Å². The molecule has 0 aliphatic rings. The molecule has 2 aromatic rings. The Labute approximate surface area is 127 Å². The molecule has 1 amide bonds. The minimum Gasteiger partial charge on any atom is -0.398 e. The van der Waals surface area contributed by atoms with E-state index in [4.69, 9.17) is 28.9 Å². The summed E-state index contributed by atoms with van der Waals surface area (Å²) < 4.78 is 0. The van der Waals surface area contributed by atoms with Gasteiger partial charge in [-0.2, -0.15) is 0 Å². The molecule has 0 saturated heterocycles. The summed E-state index contributed by atoms with van der Waals surface area (Å²) in [5, 5.41) is 3.58. The van der Waals surface area contributed by atoms with Crippen LogP contribution in [-0.4, -0.2) is 5.91 Å². The molecule has 5 heteroatoms. The van der Waals surface area contributed by atoms with Crippen LogP contribution in [0.3, 0.4) is 0 Å². The SMILES string of the molecule is Cc1cc(C)c(NC(=O)c2ccc(Cl)c(Cl)c2)cc1N. The lowest BCUT2D eigenvalue weighted by atomic mass is 10.1. The fourth-order valence-corrected chi connectivity index (χ4v) is 2.13. The predicted molar refractivity (Wildman–Crippen MR) is 84.7 cm³/mol. The first-order valence-electron chi connectivity index (χ1n) is 6.01. The molecule has 0 aromatic heterocycles. The number of hydrogen-bond acceptors (Lipinski definition) is 2. The molecule has 104 valence electrons. The van der Waals surface area contributed by atoms with E-state index in [1.54, 1.807) is 18.2 Å². The van der Waals surface area contributed by atoms with Crippen LogP contribution in [0, 0.1) is 13.8 Å². The van der Waals surface area contributed by atoms with Gasteiger partial charge in [0.15, 0.2) is 0 Å². The number of aryl methyl sites for hydroxylation is 2. The number of benzene rings is 2. The zero-order valence-electron chi connectivity index (χ0n) is 11.1. The van der Waals surface area contributed by atoms with Crippen molar-refractivity contribution < 1.29 is 4.79 Å². The molecule has 2 rings (SSSR count). The van der Waals surface area contributed by atoms with Gasteiger partial charge in [-0.15, -0.1) is 0 Å². The molecule has 0 spiro atoms. The zero-order chi connectivity index (χ0) is 14.9. The normalized spacial score (nSPS) is 10.4. The molecule has 0 atom stereocenters. The fraction of sp³-hybridized carbons (Fsp3) is 0.133. The first-order valence-corrected chi connectivity index (χ1v) is 6.77. The minimum atomic E-state index is -0.255. The van der Waals surface area contributed by atoms with Gasteiger partial charge in [0.25, 0.3) is 5.91 Å². The Balaban J connectivity index is 2.27. The van der Waals surface area contributed by atoms with Gasteiger partial charge in [-0.1, -0.05) is 29.3 Å². The van der Waals surface area contributed by atoms with Gasteiger partial charge < -0.3 is 11.1 Å². The molecule has 0 fully saturated rings. The molecule has 0 bridgehead atoms. The monoisotopic (exact) mass is 308 g/mol. The third-order valence-electron chi connectivity index (χ3n) is 3.04. The van der Waals surface area contributed by atoms with Crippen LogP contribution in [0.5, 0.6) is 0 Å². The molecule has 0 aliphatic heterocycles. The molecule has 0 aliphatic carbocycles. The number of anilines is 2. The summed E-state index contributed by atoms with van der Waals surface area (Å²) in [6.07, 6.45) is 0. The number of amides is 1. The van der Waals surface area contributed by atoms with Gasteiger partial charge in [0.05, 0.1) is 10.0 Å². The zero-order valence-corrected chi connectivity index (χ0v) is 12.6. The van der Waals surface area contributed by atoms with E-state index in [1.807, 2.05) is 19.9 Å². The number of halogens is 2. The largest absolute Gasteiger partial charge is 0.398 e. The standard InChI is InChI=1S/C15H14Cl2N2O/c1-8-5-9(2)14(7-13(8)18)19-15(20)10-3-4-11(16)12(17)6-10/h3-7H,18H2,1-2H3,(H,19,20). The number of nitrogens with one attached hydrogen (secondary N) is 1. The van der Waals surface area contributed by atoms with E-state index in [-0.39, 0.29) is 5.91 Å². The Morgan fingerprint density at radius 1 is 1.05 bits per heavy atom. The maximum atomic E-state index is 12.2. The number of nitrogens with two attached hydrogens (primary N) is 1. The van der Waals surface area contributed by atoms with E-state index in [0.29, 0.717) is 27.0 Å². The van der Waals surface area contributed by atoms with Crippen molar-refractivity contribution in [1.29, 1.82) is 0 Å². The second-order valence-corrected chi connectivity index (χ2v) is 5.42. The average Bonchev–Trinajstić information content (AvgIpc) is 2.39. The average molecular weight is 309 g/mol. The van der Waals surface area contributed by atoms with Gasteiger partial charge in [0.1, 0.15) is 0 Å². The third kappa shape index (κ3) is 3.06.